The van der Waals surface area contributed by atoms with Crippen molar-refractivity contribution in [3.63, 3.8) is 0 Å². The largest absolute Gasteiger partial charge is 0.491 e. The number of ether oxygens (including phenoxy) is 5. The number of amides is 1. The molecule has 0 radical (unpaired) electrons. The van der Waals surface area contributed by atoms with E-state index in [1.54, 1.807) is 17.4 Å². The molecule has 3 N–H and O–H groups in total. The molecule has 0 spiro atoms. The van der Waals surface area contributed by atoms with Gasteiger partial charge in [0.2, 0.25) is 5.91 Å². The molecule has 0 aliphatic carbocycles. The number of aliphatic imine (C=N–C) groups is 1. The van der Waals surface area contributed by atoms with Crippen molar-refractivity contribution < 1.29 is 33.6 Å². The molecule has 1 aliphatic heterocycles. The number of thiophene rings is 1. The number of benzene rings is 4. The van der Waals surface area contributed by atoms with Crippen LogP contribution in [0.25, 0.3) is 5.00 Å². The maximum absolute atomic E-state index is 13.2. The fraction of sp³-hybridized carbons (Fsp3) is 0.333. The van der Waals surface area contributed by atoms with E-state index >= 15 is 0 Å². The number of aromatic nitrogens is 3. The first-order chi connectivity index (χ1) is 30.7. The second-order valence-corrected chi connectivity index (χ2v) is 16.6. The normalized spacial score (nSPS) is 13.7. The summed E-state index contributed by atoms with van der Waals surface area (Å²) in [4.78, 5) is 19.6. The molecule has 0 unspecified atom stereocenters. The van der Waals surface area contributed by atoms with Gasteiger partial charge in [0.1, 0.15) is 48.5 Å². The van der Waals surface area contributed by atoms with E-state index in [4.69, 9.17) is 40.3 Å². The Kier molecular flexibility index (Phi) is 16.3. The molecule has 13 nitrogen and oxygen atoms in total. The summed E-state index contributed by atoms with van der Waals surface area (Å²) < 4.78 is 31.6. The molecule has 3 heterocycles. The minimum atomic E-state index is -0.740. The van der Waals surface area contributed by atoms with Crippen molar-refractivity contribution in [2.45, 2.75) is 52.6 Å². The molecule has 0 bridgehead atoms. The Bertz CT molecular complexity index is 2430. The maximum atomic E-state index is 13.2. The van der Waals surface area contributed by atoms with Gasteiger partial charge in [0.25, 0.3) is 0 Å². The Morgan fingerprint density at radius 2 is 1.48 bits per heavy atom. The first-order valence-corrected chi connectivity index (χ1v) is 22.2. The Morgan fingerprint density at radius 3 is 2.17 bits per heavy atom. The van der Waals surface area contributed by atoms with Crippen LogP contribution in [0, 0.1) is 20.8 Å². The average molecular weight is 894 g/mol. The number of nitrogens with zero attached hydrogens (tertiary/aromatic N) is 4. The van der Waals surface area contributed by atoms with Crippen molar-refractivity contribution in [1.82, 2.24) is 25.4 Å². The van der Waals surface area contributed by atoms with E-state index in [1.165, 1.54) is 4.88 Å². The molecule has 6 aromatic rings. The van der Waals surface area contributed by atoms with Crippen molar-refractivity contribution in [3.05, 3.63) is 152 Å². The molecular formula is C48H53ClN6O7S. The summed E-state index contributed by atoms with van der Waals surface area (Å²) in [5.74, 6) is 2.93. The van der Waals surface area contributed by atoms with Gasteiger partial charge >= 0.3 is 0 Å². The molecule has 0 fully saturated rings. The number of fused-ring (bicyclic) bond motifs is 3. The van der Waals surface area contributed by atoms with Gasteiger partial charge in [-0.05, 0) is 61.7 Å². The summed E-state index contributed by atoms with van der Waals surface area (Å²) >= 11 is 7.90. The molecule has 1 amide bonds. The number of hydrogen-bond donors (Lipinski definition) is 3. The molecule has 0 saturated carbocycles. The molecule has 15 heteroatoms. The van der Waals surface area contributed by atoms with Gasteiger partial charge in [-0.15, -0.1) is 21.5 Å². The Morgan fingerprint density at radius 1 is 0.810 bits per heavy atom. The van der Waals surface area contributed by atoms with E-state index in [2.05, 4.69) is 34.7 Å². The molecular weight excluding hydrogens is 840 g/mol. The maximum Gasteiger partial charge on any atom is 0.222 e. The molecule has 2 aromatic heterocycles. The number of aryl methyl sites for hydroxylation is 2. The van der Waals surface area contributed by atoms with E-state index in [1.807, 2.05) is 109 Å². The van der Waals surface area contributed by atoms with Crippen molar-refractivity contribution in [1.29, 1.82) is 0 Å². The lowest BCUT2D eigenvalue weighted by molar-refractivity contribution is -0.121. The van der Waals surface area contributed by atoms with E-state index in [0.29, 0.717) is 87.4 Å². The third kappa shape index (κ3) is 12.5. The zero-order chi connectivity index (χ0) is 44.0. The fourth-order valence-corrected chi connectivity index (χ4v) is 8.25. The van der Waals surface area contributed by atoms with Gasteiger partial charge in [-0.2, -0.15) is 0 Å². The van der Waals surface area contributed by atoms with E-state index in [-0.39, 0.29) is 18.9 Å². The highest BCUT2D eigenvalue weighted by molar-refractivity contribution is 7.15. The van der Waals surface area contributed by atoms with Gasteiger partial charge in [0.05, 0.1) is 38.6 Å². The predicted octanol–water partition coefficient (Wildman–Crippen LogP) is 7.53. The van der Waals surface area contributed by atoms with Gasteiger partial charge in [-0.3, -0.25) is 14.4 Å². The van der Waals surface area contributed by atoms with Crippen LogP contribution in [0.15, 0.2) is 108 Å². The number of nitrogens with one attached hydrogen (secondary N) is 2. The molecule has 330 valence electrons. The summed E-state index contributed by atoms with van der Waals surface area (Å²) in [5, 5.41) is 27.2. The number of rotatable bonds is 23. The number of carbonyl (C=O) groups is 1. The molecule has 2 atom stereocenters. The number of carbonyl (C=O) groups excluding carboxylic acids is 1. The number of aliphatic hydroxyl groups excluding tert-OH is 1. The monoisotopic (exact) mass is 892 g/mol. The SMILES string of the molecule is Cc1sc2c(c1C)C(c1ccc(Cl)cc1)=N[C@@H](CC(=O)NCCOCCOCCNC[C@@H](O)COc1ccc(OCc3ccccc3)c(OCc3ccccc3)c1)c1nnc(C)n1-2. The molecule has 4 aromatic carbocycles. The van der Waals surface area contributed by atoms with Crippen LogP contribution in [0.3, 0.4) is 0 Å². The standard InChI is InChI=1S/C48H53ClN6O7S/c1-32-33(2)63-48-45(32)46(37-14-16-38(49)17-15-37)52-41(47-54-53-34(3)55(47)48)27-44(57)51-21-23-59-25-24-58-22-20-50-28-39(56)31-60-40-18-19-42(61-29-35-10-6-4-7-11-35)43(26-40)62-30-36-12-8-5-9-13-36/h4-19,26,39,41,50,56H,20-25,27-31H2,1-3H3,(H,51,57)/t39-,41+/m1/s1. The van der Waals surface area contributed by atoms with Crippen LogP contribution >= 0.6 is 22.9 Å². The first kappa shape index (κ1) is 45.4. The van der Waals surface area contributed by atoms with E-state index in [9.17, 15) is 9.90 Å². The van der Waals surface area contributed by atoms with Crippen LogP contribution in [0.2, 0.25) is 5.02 Å². The van der Waals surface area contributed by atoms with E-state index < -0.39 is 12.1 Å². The summed E-state index contributed by atoms with van der Waals surface area (Å²) in [6.07, 6.45) is -0.641. The van der Waals surface area contributed by atoms with Gasteiger partial charge in [-0.1, -0.05) is 84.4 Å². The van der Waals surface area contributed by atoms with Crippen LogP contribution < -0.4 is 24.8 Å². The van der Waals surface area contributed by atoms with Crippen LogP contribution in [-0.4, -0.2) is 90.3 Å². The number of aliphatic hydroxyl groups is 1. The Labute approximate surface area is 377 Å². The minimum Gasteiger partial charge on any atom is -0.491 e. The van der Waals surface area contributed by atoms with Crippen LogP contribution in [-0.2, 0) is 27.5 Å². The lowest BCUT2D eigenvalue weighted by atomic mass is 9.99. The summed E-state index contributed by atoms with van der Waals surface area (Å²) in [5.41, 5.74) is 5.96. The number of halogens is 1. The second-order valence-electron chi connectivity index (χ2n) is 15.0. The van der Waals surface area contributed by atoms with Gasteiger partial charge < -0.3 is 39.4 Å². The molecule has 0 saturated heterocycles. The highest BCUT2D eigenvalue weighted by Crippen LogP contribution is 2.40. The second kappa shape index (κ2) is 22.7. The fourth-order valence-electron chi connectivity index (χ4n) is 6.91. The third-order valence-electron chi connectivity index (χ3n) is 10.3. The molecule has 63 heavy (non-hydrogen) atoms. The van der Waals surface area contributed by atoms with Gasteiger partial charge in [0, 0.05) is 46.7 Å². The molecule has 7 rings (SSSR count). The van der Waals surface area contributed by atoms with Gasteiger partial charge in [0.15, 0.2) is 17.3 Å². The highest BCUT2D eigenvalue weighted by Gasteiger charge is 2.32. The van der Waals surface area contributed by atoms with Crippen molar-refractivity contribution >= 4 is 34.6 Å². The van der Waals surface area contributed by atoms with Crippen LogP contribution in [0.5, 0.6) is 17.2 Å². The third-order valence-corrected chi connectivity index (χ3v) is 11.8. The van der Waals surface area contributed by atoms with Crippen LogP contribution in [0.1, 0.15) is 56.8 Å². The average Bonchev–Trinajstić information content (AvgIpc) is 3.78. The lowest BCUT2D eigenvalue weighted by Gasteiger charge is -2.17. The first-order valence-electron chi connectivity index (χ1n) is 21.0. The zero-order valence-corrected chi connectivity index (χ0v) is 37.3. The smallest absolute Gasteiger partial charge is 0.222 e. The van der Waals surface area contributed by atoms with E-state index in [0.717, 1.165) is 44.4 Å². The van der Waals surface area contributed by atoms with Crippen molar-refractivity contribution in [3.8, 4) is 22.2 Å². The van der Waals surface area contributed by atoms with Crippen molar-refractivity contribution in [2.75, 3.05) is 52.7 Å². The molecule has 1 aliphatic rings. The quantitative estimate of drug-likeness (QED) is 0.0552. The highest BCUT2D eigenvalue weighted by atomic mass is 35.5. The Hall–Kier alpha value is -5.61. The minimum absolute atomic E-state index is 0.0927. The lowest BCUT2D eigenvalue weighted by Crippen LogP contribution is -2.33. The van der Waals surface area contributed by atoms with Crippen LogP contribution in [0.4, 0.5) is 0 Å². The van der Waals surface area contributed by atoms with Crippen molar-refractivity contribution in [2.24, 2.45) is 4.99 Å². The zero-order valence-electron chi connectivity index (χ0n) is 35.7. The summed E-state index contributed by atoms with van der Waals surface area (Å²) in [6.45, 7) is 9.73. The predicted molar refractivity (Wildman–Crippen MR) is 245 cm³/mol. The number of hydrogen-bond acceptors (Lipinski definition) is 12. The topological polar surface area (TPSA) is 151 Å². The Balaban J connectivity index is 0.785. The summed E-state index contributed by atoms with van der Waals surface area (Å²) in [6, 6.07) is 32.3. The summed E-state index contributed by atoms with van der Waals surface area (Å²) in [7, 11) is 0. The van der Waals surface area contributed by atoms with Gasteiger partial charge in [-0.25, -0.2) is 0 Å².